The van der Waals surface area contributed by atoms with Gasteiger partial charge in [-0.25, -0.2) is 0 Å². The number of halogens is 2. The Bertz CT molecular complexity index is 806. The molecule has 2 rings (SSSR count). The molecule has 0 aliphatic rings. The SMILES string of the molecule is CCNC(=NCCCn1nc(C)cc1C)NCCCC(=O)Nc1ccc(Cl)cc1.I. The number of guanidine groups is 1. The van der Waals surface area contributed by atoms with Gasteiger partial charge >= 0.3 is 0 Å². The third kappa shape index (κ3) is 9.80. The summed E-state index contributed by atoms with van der Waals surface area (Å²) in [5.74, 6) is 0.764. The average Bonchev–Trinajstić information content (AvgIpc) is 3.01. The number of benzene rings is 1. The molecule has 1 heterocycles. The molecule has 7 nitrogen and oxygen atoms in total. The molecule has 0 saturated carbocycles. The number of amides is 1. The molecule has 0 fully saturated rings. The molecular formula is C21H32ClIN6O. The van der Waals surface area contributed by atoms with Crippen molar-refractivity contribution in [2.75, 3.05) is 25.0 Å². The fourth-order valence-corrected chi connectivity index (χ4v) is 2.99. The molecule has 0 atom stereocenters. The summed E-state index contributed by atoms with van der Waals surface area (Å²) in [6.07, 6.45) is 2.07. The third-order valence-corrected chi connectivity index (χ3v) is 4.50. The first-order valence-corrected chi connectivity index (χ1v) is 10.4. The van der Waals surface area contributed by atoms with Crippen molar-refractivity contribution in [1.82, 2.24) is 20.4 Å². The minimum atomic E-state index is -0.0130. The highest BCUT2D eigenvalue weighted by atomic mass is 127. The first kappa shape index (κ1) is 26.2. The van der Waals surface area contributed by atoms with Crippen LogP contribution in [0.2, 0.25) is 5.02 Å². The van der Waals surface area contributed by atoms with Crippen LogP contribution in [-0.2, 0) is 11.3 Å². The molecule has 0 aliphatic carbocycles. The fraction of sp³-hybridized carbons (Fsp3) is 0.476. The summed E-state index contributed by atoms with van der Waals surface area (Å²) in [6, 6.07) is 9.18. The average molecular weight is 547 g/mol. The van der Waals surface area contributed by atoms with Crippen LogP contribution in [0.5, 0.6) is 0 Å². The normalized spacial score (nSPS) is 11.0. The van der Waals surface area contributed by atoms with Gasteiger partial charge in [-0.15, -0.1) is 24.0 Å². The number of hydrogen-bond donors (Lipinski definition) is 3. The van der Waals surface area contributed by atoms with Crippen LogP contribution in [0.25, 0.3) is 0 Å². The van der Waals surface area contributed by atoms with E-state index in [1.165, 1.54) is 5.69 Å². The number of nitrogens with one attached hydrogen (secondary N) is 3. The molecule has 0 aliphatic heterocycles. The summed E-state index contributed by atoms with van der Waals surface area (Å²) < 4.78 is 2.02. The van der Waals surface area contributed by atoms with Crippen molar-refractivity contribution in [3.63, 3.8) is 0 Å². The molecular weight excluding hydrogens is 515 g/mol. The van der Waals surface area contributed by atoms with Gasteiger partial charge in [0.1, 0.15) is 0 Å². The number of hydrogen-bond acceptors (Lipinski definition) is 3. The van der Waals surface area contributed by atoms with E-state index >= 15 is 0 Å². The molecule has 2 aromatic rings. The minimum Gasteiger partial charge on any atom is -0.357 e. The molecule has 1 aromatic carbocycles. The lowest BCUT2D eigenvalue weighted by atomic mass is 10.2. The van der Waals surface area contributed by atoms with Crippen molar-refractivity contribution in [3.05, 3.63) is 46.7 Å². The van der Waals surface area contributed by atoms with Gasteiger partial charge < -0.3 is 16.0 Å². The molecule has 9 heteroatoms. The molecule has 1 aromatic heterocycles. The molecule has 166 valence electrons. The monoisotopic (exact) mass is 546 g/mol. The zero-order valence-electron chi connectivity index (χ0n) is 17.9. The van der Waals surface area contributed by atoms with Crippen molar-refractivity contribution < 1.29 is 4.79 Å². The van der Waals surface area contributed by atoms with Gasteiger partial charge in [0.05, 0.1) is 5.69 Å². The second-order valence-electron chi connectivity index (χ2n) is 6.85. The maximum absolute atomic E-state index is 12.0. The second kappa shape index (κ2) is 14.2. The Morgan fingerprint density at radius 2 is 1.90 bits per heavy atom. The zero-order chi connectivity index (χ0) is 21.1. The lowest BCUT2D eigenvalue weighted by Crippen LogP contribution is -2.38. The van der Waals surface area contributed by atoms with Gasteiger partial charge in [-0.1, -0.05) is 11.6 Å². The van der Waals surface area contributed by atoms with Crippen LogP contribution in [0.1, 0.15) is 37.6 Å². The molecule has 0 spiro atoms. The highest BCUT2D eigenvalue weighted by Crippen LogP contribution is 2.13. The Labute approximate surface area is 201 Å². The Morgan fingerprint density at radius 3 is 2.53 bits per heavy atom. The maximum atomic E-state index is 12.0. The Hall–Kier alpha value is -1.81. The summed E-state index contributed by atoms with van der Waals surface area (Å²) in [5.41, 5.74) is 2.97. The smallest absolute Gasteiger partial charge is 0.224 e. The van der Waals surface area contributed by atoms with Crippen LogP contribution in [0.4, 0.5) is 5.69 Å². The largest absolute Gasteiger partial charge is 0.357 e. The van der Waals surface area contributed by atoms with E-state index in [4.69, 9.17) is 11.6 Å². The number of aliphatic imine (C=N–C) groups is 1. The number of aromatic nitrogens is 2. The summed E-state index contributed by atoms with van der Waals surface area (Å²) in [5, 5.41) is 14.5. The van der Waals surface area contributed by atoms with Crippen molar-refractivity contribution in [1.29, 1.82) is 0 Å². The maximum Gasteiger partial charge on any atom is 0.224 e. The first-order chi connectivity index (χ1) is 14.0. The van der Waals surface area contributed by atoms with E-state index in [0.29, 0.717) is 24.5 Å². The highest BCUT2D eigenvalue weighted by molar-refractivity contribution is 14.0. The number of carbonyl (C=O) groups excluding carboxylic acids is 1. The Morgan fingerprint density at radius 1 is 1.17 bits per heavy atom. The van der Waals surface area contributed by atoms with E-state index < -0.39 is 0 Å². The molecule has 30 heavy (non-hydrogen) atoms. The van der Waals surface area contributed by atoms with Gasteiger partial charge in [-0.05, 0) is 63.9 Å². The Balaban J connectivity index is 0.00000450. The van der Waals surface area contributed by atoms with Crippen LogP contribution >= 0.6 is 35.6 Å². The predicted octanol–water partition coefficient (Wildman–Crippen LogP) is 4.14. The molecule has 0 bridgehead atoms. The van der Waals surface area contributed by atoms with E-state index in [2.05, 4.69) is 39.0 Å². The number of nitrogens with zero attached hydrogens (tertiary/aromatic N) is 3. The number of anilines is 1. The standard InChI is InChI=1S/C21H31ClN6O.HI/c1-4-23-21(25-13-6-14-28-17(3)15-16(2)27-28)24-12-5-7-20(29)26-19-10-8-18(22)9-11-19;/h8-11,15H,4-7,12-14H2,1-3H3,(H,26,29)(H2,23,24,25);1H. The fourth-order valence-electron chi connectivity index (χ4n) is 2.87. The van der Waals surface area contributed by atoms with Crippen LogP contribution in [0.15, 0.2) is 35.3 Å². The van der Waals surface area contributed by atoms with Gasteiger partial charge in [0, 0.05) is 49.0 Å². The molecule has 1 amide bonds. The predicted molar refractivity (Wildman–Crippen MR) is 135 cm³/mol. The highest BCUT2D eigenvalue weighted by Gasteiger charge is 2.04. The van der Waals surface area contributed by atoms with E-state index in [1.54, 1.807) is 24.3 Å². The van der Waals surface area contributed by atoms with Gasteiger partial charge in [0.2, 0.25) is 5.91 Å². The second-order valence-corrected chi connectivity index (χ2v) is 7.29. The van der Waals surface area contributed by atoms with Crippen LogP contribution in [0, 0.1) is 13.8 Å². The minimum absolute atomic E-state index is 0. The zero-order valence-corrected chi connectivity index (χ0v) is 21.0. The van der Waals surface area contributed by atoms with Gasteiger partial charge in [0.15, 0.2) is 5.96 Å². The molecule has 0 saturated heterocycles. The van der Waals surface area contributed by atoms with Gasteiger partial charge in [0.25, 0.3) is 0 Å². The number of carbonyl (C=O) groups is 1. The number of aryl methyl sites for hydroxylation is 3. The van der Waals surface area contributed by atoms with Crippen molar-refractivity contribution in [3.8, 4) is 0 Å². The summed E-state index contributed by atoms with van der Waals surface area (Å²) >= 11 is 5.85. The topological polar surface area (TPSA) is 83.3 Å². The summed E-state index contributed by atoms with van der Waals surface area (Å²) in [6.45, 7) is 9.14. The van der Waals surface area contributed by atoms with Crippen LogP contribution < -0.4 is 16.0 Å². The van der Waals surface area contributed by atoms with Gasteiger partial charge in [-0.2, -0.15) is 5.10 Å². The first-order valence-electron chi connectivity index (χ1n) is 10.1. The van der Waals surface area contributed by atoms with E-state index in [0.717, 1.165) is 43.3 Å². The van der Waals surface area contributed by atoms with Crippen molar-refractivity contribution in [2.24, 2.45) is 4.99 Å². The van der Waals surface area contributed by atoms with Crippen LogP contribution in [-0.4, -0.2) is 41.3 Å². The van der Waals surface area contributed by atoms with Crippen molar-refractivity contribution in [2.45, 2.75) is 46.6 Å². The Kier molecular flexibility index (Phi) is 12.4. The molecule has 0 radical (unpaired) electrons. The van der Waals surface area contributed by atoms with Gasteiger partial charge in [-0.3, -0.25) is 14.5 Å². The van der Waals surface area contributed by atoms with E-state index in [-0.39, 0.29) is 29.9 Å². The summed E-state index contributed by atoms with van der Waals surface area (Å²) in [7, 11) is 0. The quantitative estimate of drug-likeness (QED) is 0.181. The third-order valence-electron chi connectivity index (χ3n) is 4.25. The lowest BCUT2D eigenvalue weighted by molar-refractivity contribution is -0.116. The van der Waals surface area contributed by atoms with Crippen LogP contribution in [0.3, 0.4) is 0 Å². The van der Waals surface area contributed by atoms with Crippen molar-refractivity contribution >= 4 is 53.1 Å². The molecule has 0 unspecified atom stereocenters. The number of rotatable bonds is 10. The lowest BCUT2D eigenvalue weighted by Gasteiger charge is -2.11. The molecule has 3 N–H and O–H groups in total. The van der Waals surface area contributed by atoms with E-state index in [9.17, 15) is 4.79 Å². The van der Waals surface area contributed by atoms with E-state index in [1.807, 2.05) is 18.5 Å². The summed E-state index contributed by atoms with van der Waals surface area (Å²) in [4.78, 5) is 16.6.